The number of hydrogen-bond acceptors (Lipinski definition) is 2. The predicted molar refractivity (Wildman–Crippen MR) is 52.7 cm³/mol. The third kappa shape index (κ3) is 1.64. The van der Waals surface area contributed by atoms with Crippen LogP contribution in [-0.4, -0.2) is 10.1 Å². The van der Waals surface area contributed by atoms with Crippen LogP contribution in [0.25, 0.3) is 10.8 Å². The molecule has 0 spiro atoms. The number of aromatic nitrogens is 1. The summed E-state index contributed by atoms with van der Waals surface area (Å²) in [5.41, 5.74) is 0.886. The predicted octanol–water partition coefficient (Wildman–Crippen LogP) is 2.38. The lowest BCUT2D eigenvalue weighted by Crippen LogP contribution is -1.83. The second kappa shape index (κ2) is 3.32. The van der Waals surface area contributed by atoms with Crippen molar-refractivity contribution in [3.05, 3.63) is 41.2 Å². The average Bonchev–Trinajstić information content (AvgIpc) is 2.17. The van der Waals surface area contributed by atoms with Crippen LogP contribution in [0.15, 0.2) is 30.5 Å². The molecular formula is C10H8ClNO. The SMILES string of the molecule is OCc1ccc2cc(Cl)ncc2c1. The molecule has 2 aromatic rings. The highest BCUT2D eigenvalue weighted by molar-refractivity contribution is 6.30. The van der Waals surface area contributed by atoms with E-state index in [1.807, 2.05) is 18.2 Å². The maximum Gasteiger partial charge on any atom is 0.129 e. The van der Waals surface area contributed by atoms with E-state index in [-0.39, 0.29) is 6.61 Å². The molecule has 3 heteroatoms. The van der Waals surface area contributed by atoms with Crippen molar-refractivity contribution in [3.63, 3.8) is 0 Å². The van der Waals surface area contributed by atoms with Gasteiger partial charge in [-0.15, -0.1) is 0 Å². The summed E-state index contributed by atoms with van der Waals surface area (Å²) in [4.78, 5) is 3.97. The van der Waals surface area contributed by atoms with Crippen LogP contribution < -0.4 is 0 Å². The van der Waals surface area contributed by atoms with Crippen LogP contribution in [0.1, 0.15) is 5.56 Å². The first-order valence-electron chi connectivity index (χ1n) is 3.94. The molecule has 0 bridgehead atoms. The van der Waals surface area contributed by atoms with Gasteiger partial charge in [-0.1, -0.05) is 23.7 Å². The van der Waals surface area contributed by atoms with E-state index in [2.05, 4.69) is 4.98 Å². The summed E-state index contributed by atoms with van der Waals surface area (Å²) in [6, 6.07) is 7.50. The van der Waals surface area contributed by atoms with E-state index < -0.39 is 0 Å². The van der Waals surface area contributed by atoms with Gasteiger partial charge in [-0.05, 0) is 23.1 Å². The zero-order valence-corrected chi connectivity index (χ0v) is 7.62. The maximum atomic E-state index is 8.91. The van der Waals surface area contributed by atoms with Crippen molar-refractivity contribution < 1.29 is 5.11 Å². The van der Waals surface area contributed by atoms with Crippen molar-refractivity contribution in [2.24, 2.45) is 0 Å². The molecule has 66 valence electrons. The topological polar surface area (TPSA) is 33.1 Å². The Morgan fingerprint density at radius 2 is 2.08 bits per heavy atom. The molecule has 0 amide bonds. The highest BCUT2D eigenvalue weighted by Gasteiger charge is 1.96. The van der Waals surface area contributed by atoms with Crippen LogP contribution in [0.2, 0.25) is 5.15 Å². The Morgan fingerprint density at radius 3 is 2.85 bits per heavy atom. The van der Waals surface area contributed by atoms with Gasteiger partial charge in [-0.2, -0.15) is 0 Å². The van der Waals surface area contributed by atoms with E-state index in [9.17, 15) is 0 Å². The molecule has 13 heavy (non-hydrogen) atoms. The number of halogens is 1. The Balaban J connectivity index is 2.66. The molecule has 2 nitrogen and oxygen atoms in total. The van der Waals surface area contributed by atoms with Gasteiger partial charge in [0.1, 0.15) is 5.15 Å². The summed E-state index contributed by atoms with van der Waals surface area (Å²) in [7, 11) is 0. The molecule has 1 heterocycles. The van der Waals surface area contributed by atoms with Crippen LogP contribution in [-0.2, 0) is 6.61 Å². The molecule has 1 N–H and O–H groups in total. The molecule has 0 aliphatic heterocycles. The molecule has 0 aliphatic carbocycles. The van der Waals surface area contributed by atoms with Gasteiger partial charge in [0.05, 0.1) is 6.61 Å². The number of pyridine rings is 1. The highest BCUT2D eigenvalue weighted by atomic mass is 35.5. The Bertz CT molecular complexity index is 442. The van der Waals surface area contributed by atoms with Crippen LogP contribution in [0.4, 0.5) is 0 Å². The van der Waals surface area contributed by atoms with Crippen molar-refractivity contribution in [1.29, 1.82) is 0 Å². The standard InChI is InChI=1S/C10H8ClNO/c11-10-4-8-2-1-7(6-13)3-9(8)5-12-10/h1-5,13H,6H2. The second-order valence-corrected chi connectivity index (χ2v) is 3.23. The number of fused-ring (bicyclic) bond motifs is 1. The van der Waals surface area contributed by atoms with Crippen molar-refractivity contribution in [2.45, 2.75) is 6.61 Å². The van der Waals surface area contributed by atoms with Crippen LogP contribution in [0.5, 0.6) is 0 Å². The Morgan fingerprint density at radius 1 is 1.23 bits per heavy atom. The lowest BCUT2D eigenvalue weighted by molar-refractivity contribution is 0.282. The van der Waals surface area contributed by atoms with Gasteiger partial charge < -0.3 is 5.11 Å². The molecule has 0 unspecified atom stereocenters. The third-order valence-corrected chi connectivity index (χ3v) is 2.14. The molecule has 0 aliphatic rings. The zero-order chi connectivity index (χ0) is 9.26. The van der Waals surface area contributed by atoms with Gasteiger partial charge in [0.2, 0.25) is 0 Å². The Hall–Kier alpha value is -1.12. The summed E-state index contributed by atoms with van der Waals surface area (Å²) in [6.07, 6.45) is 1.71. The highest BCUT2D eigenvalue weighted by Crippen LogP contribution is 2.18. The largest absolute Gasteiger partial charge is 0.392 e. The van der Waals surface area contributed by atoms with Gasteiger partial charge in [-0.25, -0.2) is 4.98 Å². The van der Waals surface area contributed by atoms with Gasteiger partial charge in [0.25, 0.3) is 0 Å². The number of rotatable bonds is 1. The van der Waals surface area contributed by atoms with Gasteiger partial charge in [0, 0.05) is 11.6 Å². The summed E-state index contributed by atoms with van der Waals surface area (Å²) in [5, 5.41) is 11.4. The fraction of sp³-hybridized carbons (Fsp3) is 0.100. The minimum absolute atomic E-state index is 0.0541. The Kier molecular flexibility index (Phi) is 2.17. The van der Waals surface area contributed by atoms with E-state index in [0.29, 0.717) is 5.15 Å². The molecular weight excluding hydrogens is 186 g/mol. The van der Waals surface area contributed by atoms with Crippen molar-refractivity contribution >= 4 is 22.4 Å². The van der Waals surface area contributed by atoms with E-state index in [4.69, 9.17) is 16.7 Å². The number of aliphatic hydroxyl groups excluding tert-OH is 1. The lowest BCUT2D eigenvalue weighted by atomic mass is 10.1. The fourth-order valence-electron chi connectivity index (χ4n) is 1.26. The van der Waals surface area contributed by atoms with E-state index in [0.717, 1.165) is 16.3 Å². The number of aliphatic hydroxyl groups is 1. The van der Waals surface area contributed by atoms with Crippen molar-refractivity contribution in [2.75, 3.05) is 0 Å². The molecule has 0 saturated heterocycles. The van der Waals surface area contributed by atoms with Crippen molar-refractivity contribution in [3.8, 4) is 0 Å². The second-order valence-electron chi connectivity index (χ2n) is 2.85. The number of benzene rings is 1. The maximum absolute atomic E-state index is 8.91. The first kappa shape index (κ1) is 8.48. The van der Waals surface area contributed by atoms with E-state index in [1.54, 1.807) is 12.3 Å². The molecule has 0 radical (unpaired) electrons. The smallest absolute Gasteiger partial charge is 0.129 e. The molecule has 0 saturated carbocycles. The first-order chi connectivity index (χ1) is 6.29. The monoisotopic (exact) mass is 193 g/mol. The van der Waals surface area contributed by atoms with Crippen LogP contribution in [0, 0.1) is 0 Å². The van der Waals surface area contributed by atoms with E-state index >= 15 is 0 Å². The normalized spacial score (nSPS) is 10.6. The molecule has 2 rings (SSSR count). The van der Waals surface area contributed by atoms with Crippen LogP contribution >= 0.6 is 11.6 Å². The molecule has 0 atom stereocenters. The quantitative estimate of drug-likeness (QED) is 0.706. The third-order valence-electron chi connectivity index (χ3n) is 1.94. The summed E-state index contributed by atoms with van der Waals surface area (Å²) < 4.78 is 0. The number of hydrogen-bond donors (Lipinski definition) is 1. The average molecular weight is 194 g/mol. The molecule has 1 aromatic carbocycles. The van der Waals surface area contributed by atoms with Crippen molar-refractivity contribution in [1.82, 2.24) is 4.98 Å². The lowest BCUT2D eigenvalue weighted by Gasteiger charge is -2.00. The van der Waals surface area contributed by atoms with E-state index in [1.165, 1.54) is 0 Å². The van der Waals surface area contributed by atoms with Gasteiger partial charge in [-0.3, -0.25) is 0 Å². The Labute approximate surface area is 80.8 Å². The summed E-state index contributed by atoms with van der Waals surface area (Å²) in [6.45, 7) is 0.0541. The van der Waals surface area contributed by atoms with Crippen LogP contribution in [0.3, 0.4) is 0 Å². The first-order valence-corrected chi connectivity index (χ1v) is 4.32. The fourth-order valence-corrected chi connectivity index (χ4v) is 1.43. The minimum Gasteiger partial charge on any atom is -0.392 e. The number of nitrogens with zero attached hydrogens (tertiary/aromatic N) is 1. The zero-order valence-electron chi connectivity index (χ0n) is 6.87. The summed E-state index contributed by atoms with van der Waals surface area (Å²) in [5.74, 6) is 0. The van der Waals surface area contributed by atoms with Gasteiger partial charge in [0.15, 0.2) is 0 Å². The van der Waals surface area contributed by atoms with Gasteiger partial charge >= 0.3 is 0 Å². The molecule has 1 aromatic heterocycles. The molecule has 0 fully saturated rings. The minimum atomic E-state index is 0.0541. The summed E-state index contributed by atoms with van der Waals surface area (Å²) >= 11 is 5.73.